The van der Waals surface area contributed by atoms with Gasteiger partial charge in [0.1, 0.15) is 23.8 Å². The maximum atomic E-state index is 12.9. The maximum absolute atomic E-state index is 12.9. The van der Waals surface area contributed by atoms with Crippen molar-refractivity contribution >= 4 is 11.0 Å². The predicted octanol–water partition coefficient (Wildman–Crippen LogP) is 1.92. The molecule has 0 atom stereocenters. The summed E-state index contributed by atoms with van der Waals surface area (Å²) >= 11 is 0. The Balaban J connectivity index is 1.42. The minimum Gasteiger partial charge on any atom is -0.485 e. The Hall–Kier alpha value is -3.59. The monoisotopic (exact) mass is 420 g/mol. The van der Waals surface area contributed by atoms with E-state index in [9.17, 15) is 9.18 Å². The summed E-state index contributed by atoms with van der Waals surface area (Å²) in [4.78, 5) is 21.3. The first-order chi connectivity index (χ1) is 15.1. The van der Waals surface area contributed by atoms with E-state index in [2.05, 4.69) is 20.0 Å². The number of hydrogen-bond acceptors (Lipinski definition) is 6. The third-order valence-electron chi connectivity index (χ3n) is 5.51. The number of nitrogens with zero attached hydrogens (tertiary/aromatic N) is 5. The van der Waals surface area contributed by atoms with Crippen molar-refractivity contribution in [1.82, 2.24) is 29.6 Å². The van der Waals surface area contributed by atoms with E-state index in [0.717, 1.165) is 43.2 Å². The van der Waals surface area contributed by atoms with Crippen molar-refractivity contribution in [1.29, 1.82) is 0 Å². The highest BCUT2D eigenvalue weighted by Gasteiger charge is 2.18. The highest BCUT2D eigenvalue weighted by molar-refractivity contribution is 5.83. The first kappa shape index (κ1) is 19.4. The third-order valence-corrected chi connectivity index (χ3v) is 5.51. The third kappa shape index (κ3) is 3.68. The number of aromatic nitrogens is 5. The second-order valence-corrected chi connectivity index (χ2v) is 7.47. The van der Waals surface area contributed by atoms with Crippen LogP contribution < -0.4 is 15.6 Å². The summed E-state index contributed by atoms with van der Waals surface area (Å²) in [5, 5.41) is 8.76. The van der Waals surface area contributed by atoms with Crippen molar-refractivity contribution in [3.8, 4) is 11.6 Å². The van der Waals surface area contributed by atoms with Crippen LogP contribution in [0.1, 0.15) is 17.0 Å². The van der Waals surface area contributed by atoms with E-state index in [-0.39, 0.29) is 12.2 Å². The fraction of sp³-hybridized carbons (Fsp3) is 0.273. The molecule has 9 heteroatoms. The highest BCUT2D eigenvalue weighted by atomic mass is 19.1. The van der Waals surface area contributed by atoms with Crippen LogP contribution in [0.2, 0.25) is 0 Å². The Morgan fingerprint density at radius 1 is 1.16 bits per heavy atom. The van der Waals surface area contributed by atoms with Crippen LogP contribution in [0.15, 0.2) is 47.5 Å². The molecule has 5 rings (SSSR count). The van der Waals surface area contributed by atoms with E-state index in [1.165, 1.54) is 40.3 Å². The van der Waals surface area contributed by atoms with Gasteiger partial charge in [-0.05, 0) is 42.8 Å². The number of rotatable bonds is 4. The quantitative estimate of drug-likeness (QED) is 0.543. The van der Waals surface area contributed by atoms with Gasteiger partial charge in [0, 0.05) is 37.2 Å². The lowest BCUT2D eigenvalue weighted by molar-refractivity contribution is 0.298. The van der Waals surface area contributed by atoms with E-state index in [4.69, 9.17) is 9.72 Å². The van der Waals surface area contributed by atoms with Gasteiger partial charge in [0.2, 0.25) is 0 Å². The summed E-state index contributed by atoms with van der Waals surface area (Å²) in [6.45, 7) is 2.00. The van der Waals surface area contributed by atoms with Crippen molar-refractivity contribution in [3.63, 3.8) is 0 Å². The van der Waals surface area contributed by atoms with E-state index in [1.54, 1.807) is 0 Å². The van der Waals surface area contributed by atoms with Crippen molar-refractivity contribution in [2.45, 2.75) is 19.4 Å². The molecule has 0 fully saturated rings. The number of hydrogen-bond donors (Lipinski definition) is 1. The topological polar surface area (TPSA) is 86.9 Å². The van der Waals surface area contributed by atoms with Crippen LogP contribution in [0.3, 0.4) is 0 Å². The summed E-state index contributed by atoms with van der Waals surface area (Å²) in [5.74, 6) is 0.355. The van der Waals surface area contributed by atoms with Gasteiger partial charge in [0.05, 0.1) is 18.1 Å². The predicted molar refractivity (Wildman–Crippen MR) is 113 cm³/mol. The summed E-state index contributed by atoms with van der Waals surface area (Å²) < 4.78 is 21.9. The fourth-order valence-electron chi connectivity index (χ4n) is 3.97. The first-order valence-electron chi connectivity index (χ1n) is 10.1. The molecule has 0 bridgehead atoms. The van der Waals surface area contributed by atoms with Gasteiger partial charge in [-0.2, -0.15) is 9.78 Å². The Morgan fingerprint density at radius 3 is 2.84 bits per heavy atom. The van der Waals surface area contributed by atoms with Gasteiger partial charge >= 0.3 is 0 Å². The second-order valence-electron chi connectivity index (χ2n) is 7.47. The summed E-state index contributed by atoms with van der Waals surface area (Å²) in [5.41, 5.74) is 3.65. The van der Waals surface area contributed by atoms with Crippen molar-refractivity contribution in [3.05, 3.63) is 75.8 Å². The summed E-state index contributed by atoms with van der Waals surface area (Å²) in [6, 6.07) is 8.02. The molecule has 4 aromatic heterocycles. The molecule has 0 aliphatic carbocycles. The molecule has 1 aliphatic rings. The SMILES string of the molecule is Cn1c2c(c3ccc(-n4ncc(OCc5ccc(F)cn5)cc4=O)nc31)CCNCC2. The summed E-state index contributed by atoms with van der Waals surface area (Å²) in [6.07, 6.45) is 4.49. The fourth-order valence-corrected chi connectivity index (χ4v) is 3.97. The number of nitrogens with one attached hydrogen (secondary N) is 1. The van der Waals surface area contributed by atoms with Gasteiger partial charge in [-0.15, -0.1) is 0 Å². The van der Waals surface area contributed by atoms with Crippen molar-refractivity contribution < 1.29 is 9.13 Å². The Bertz CT molecular complexity index is 1310. The van der Waals surface area contributed by atoms with Gasteiger partial charge in [-0.25, -0.2) is 9.37 Å². The molecule has 0 saturated carbocycles. The Kier molecular flexibility index (Phi) is 4.95. The lowest BCUT2D eigenvalue weighted by Crippen LogP contribution is -2.21. The Morgan fingerprint density at radius 2 is 2.03 bits per heavy atom. The molecule has 0 saturated heterocycles. The van der Waals surface area contributed by atoms with Crippen molar-refractivity contribution in [2.75, 3.05) is 13.1 Å². The largest absolute Gasteiger partial charge is 0.485 e. The zero-order valence-corrected chi connectivity index (χ0v) is 17.0. The molecule has 0 aromatic carbocycles. The average Bonchev–Trinajstić information content (AvgIpc) is 2.93. The number of aryl methyl sites for hydroxylation is 1. The van der Waals surface area contributed by atoms with Crippen molar-refractivity contribution in [2.24, 2.45) is 7.05 Å². The minimum atomic E-state index is -0.413. The summed E-state index contributed by atoms with van der Waals surface area (Å²) in [7, 11) is 2.01. The number of ether oxygens (including phenoxy) is 1. The molecule has 0 radical (unpaired) electrons. The maximum Gasteiger partial charge on any atom is 0.276 e. The number of pyridine rings is 2. The van der Waals surface area contributed by atoms with Crippen LogP contribution in [0, 0.1) is 5.82 Å². The van der Waals surface area contributed by atoms with Crippen LogP contribution in [0.5, 0.6) is 5.75 Å². The van der Waals surface area contributed by atoms with E-state index < -0.39 is 5.82 Å². The standard InChI is InChI=1S/C22H21FN6O2/c1-28-19-7-9-24-8-6-17(19)18-4-5-20(27-22(18)28)29-21(30)10-16(12-26-29)31-13-15-3-2-14(23)11-25-15/h2-5,10-12,24H,6-9,13H2,1H3. The second kappa shape index (κ2) is 7.92. The molecule has 5 heterocycles. The van der Waals surface area contributed by atoms with Crippen LogP contribution in [0.4, 0.5) is 4.39 Å². The van der Waals surface area contributed by atoms with Crippen LogP contribution in [-0.4, -0.2) is 37.4 Å². The van der Waals surface area contributed by atoms with Gasteiger partial charge in [0.15, 0.2) is 5.82 Å². The van der Waals surface area contributed by atoms with E-state index >= 15 is 0 Å². The zero-order chi connectivity index (χ0) is 21.4. The molecule has 4 aromatic rings. The molecular formula is C22H21FN6O2. The van der Waals surface area contributed by atoms with Gasteiger partial charge < -0.3 is 14.6 Å². The number of halogens is 1. The number of fused-ring (bicyclic) bond motifs is 3. The molecular weight excluding hydrogens is 399 g/mol. The molecule has 8 nitrogen and oxygen atoms in total. The lowest BCUT2D eigenvalue weighted by Gasteiger charge is -2.08. The molecule has 158 valence electrons. The molecule has 0 spiro atoms. The smallest absolute Gasteiger partial charge is 0.276 e. The molecule has 1 N–H and O–H groups in total. The van der Waals surface area contributed by atoms with Crippen LogP contribution >= 0.6 is 0 Å². The van der Waals surface area contributed by atoms with Crippen LogP contribution in [-0.2, 0) is 26.5 Å². The molecule has 1 aliphatic heterocycles. The lowest BCUT2D eigenvalue weighted by atomic mass is 10.1. The molecule has 0 unspecified atom stereocenters. The normalized spacial score (nSPS) is 13.7. The minimum absolute atomic E-state index is 0.110. The zero-order valence-electron chi connectivity index (χ0n) is 17.0. The Labute approximate surface area is 177 Å². The van der Waals surface area contributed by atoms with E-state index in [1.807, 2.05) is 19.2 Å². The highest BCUT2D eigenvalue weighted by Crippen LogP contribution is 2.26. The van der Waals surface area contributed by atoms with E-state index in [0.29, 0.717) is 17.3 Å². The van der Waals surface area contributed by atoms with Gasteiger partial charge in [-0.3, -0.25) is 9.78 Å². The van der Waals surface area contributed by atoms with Gasteiger partial charge in [0.25, 0.3) is 5.56 Å². The van der Waals surface area contributed by atoms with Gasteiger partial charge in [-0.1, -0.05) is 0 Å². The molecule has 0 amide bonds. The first-order valence-corrected chi connectivity index (χ1v) is 10.1. The average molecular weight is 420 g/mol. The molecule has 31 heavy (non-hydrogen) atoms. The van der Waals surface area contributed by atoms with Crippen LogP contribution in [0.25, 0.3) is 16.9 Å².